The van der Waals surface area contributed by atoms with Crippen molar-refractivity contribution in [3.8, 4) is 0 Å². The highest BCUT2D eigenvalue weighted by Crippen LogP contribution is 2.62. The van der Waals surface area contributed by atoms with E-state index in [4.69, 9.17) is 4.74 Å². The molecule has 1 rings (SSSR count). The van der Waals surface area contributed by atoms with Crippen LogP contribution in [0.25, 0.3) is 0 Å². The highest BCUT2D eigenvalue weighted by Gasteiger charge is 2.93. The molecule has 0 bridgehead atoms. The normalized spacial score (nSPS) is 15.4. The first-order valence-electron chi connectivity index (χ1n) is 10.1. The molecule has 0 aliphatic rings. The molecule has 1 unspecified atom stereocenters. The van der Waals surface area contributed by atoms with Crippen LogP contribution in [0.15, 0.2) is 30.3 Å². The van der Waals surface area contributed by atoms with Crippen LogP contribution in [0.2, 0.25) is 0 Å². The van der Waals surface area contributed by atoms with Gasteiger partial charge in [-0.1, -0.05) is 40.8 Å². The van der Waals surface area contributed by atoms with Crippen molar-refractivity contribution in [1.82, 2.24) is 0 Å². The van der Waals surface area contributed by atoms with Crippen LogP contribution in [0.4, 0.5) is 65.9 Å². The molecular formula is C20H16F15IO2. The van der Waals surface area contributed by atoms with Gasteiger partial charge in [-0.05, 0) is 31.4 Å². The van der Waals surface area contributed by atoms with Crippen LogP contribution in [0.3, 0.4) is 0 Å². The van der Waals surface area contributed by atoms with E-state index in [2.05, 4.69) is 0 Å². The average Bonchev–Trinajstić information content (AvgIpc) is 2.77. The Morgan fingerprint density at radius 2 is 1.13 bits per heavy atom. The average molecular weight is 700 g/mol. The largest absolute Gasteiger partial charge is 0.462 e. The standard InChI is InChI=1S/C20H16F15IO2/c21-14(22,10-12(36)8-4-5-9-38-13(37)11-6-2-1-3-7-11)15(23,24)16(25,26)17(27,28)18(29,30)19(31,32)20(33,34)35/h1-3,6-7,12H,4-5,8-10H2. The van der Waals surface area contributed by atoms with Gasteiger partial charge in [0, 0.05) is 10.3 Å². The van der Waals surface area contributed by atoms with E-state index < -0.39 is 64.4 Å². The zero-order valence-electron chi connectivity index (χ0n) is 18.4. The Bertz CT molecular complexity index is 932. The van der Waals surface area contributed by atoms with E-state index in [1.165, 1.54) is 24.3 Å². The van der Waals surface area contributed by atoms with Crippen molar-refractivity contribution in [2.45, 2.75) is 71.3 Å². The Hall–Kier alpha value is -1.63. The van der Waals surface area contributed by atoms with Gasteiger partial charge >= 0.3 is 47.7 Å². The number of benzene rings is 1. The van der Waals surface area contributed by atoms with E-state index in [1.54, 1.807) is 6.07 Å². The molecule has 0 aliphatic heterocycles. The number of halogens is 16. The van der Waals surface area contributed by atoms with Gasteiger partial charge in [0.15, 0.2) is 0 Å². The van der Waals surface area contributed by atoms with Crippen LogP contribution in [0.1, 0.15) is 36.0 Å². The second-order valence-corrected chi connectivity index (χ2v) is 9.63. The lowest BCUT2D eigenvalue weighted by atomic mass is 9.89. The third-order valence-electron chi connectivity index (χ3n) is 5.02. The fraction of sp³-hybridized carbons (Fsp3) is 0.650. The molecule has 0 radical (unpaired) electrons. The maximum atomic E-state index is 14.0. The molecule has 0 spiro atoms. The number of hydrogen-bond donors (Lipinski definition) is 0. The fourth-order valence-corrected chi connectivity index (χ4v) is 3.79. The van der Waals surface area contributed by atoms with Crippen LogP contribution in [-0.2, 0) is 4.74 Å². The monoisotopic (exact) mass is 700 g/mol. The van der Waals surface area contributed by atoms with Gasteiger partial charge in [-0.25, -0.2) is 4.79 Å². The van der Waals surface area contributed by atoms with Crippen LogP contribution in [-0.4, -0.2) is 58.2 Å². The third-order valence-corrected chi connectivity index (χ3v) is 6.09. The van der Waals surface area contributed by atoms with Crippen LogP contribution in [0, 0.1) is 0 Å². The Kier molecular flexibility index (Phi) is 10.4. The number of hydrogen-bond acceptors (Lipinski definition) is 2. The van der Waals surface area contributed by atoms with Crippen LogP contribution >= 0.6 is 22.6 Å². The summed E-state index contributed by atoms with van der Waals surface area (Å²) in [6, 6.07) is 7.40. The van der Waals surface area contributed by atoms with Crippen molar-refractivity contribution in [2.75, 3.05) is 6.61 Å². The molecule has 0 aromatic heterocycles. The minimum Gasteiger partial charge on any atom is -0.462 e. The minimum atomic E-state index is -8.28. The van der Waals surface area contributed by atoms with E-state index >= 15 is 0 Å². The number of carbonyl (C=O) groups excluding carboxylic acids is 1. The van der Waals surface area contributed by atoms with Crippen molar-refractivity contribution in [3.05, 3.63) is 35.9 Å². The second kappa shape index (κ2) is 11.5. The van der Waals surface area contributed by atoms with Crippen LogP contribution < -0.4 is 0 Å². The zero-order valence-corrected chi connectivity index (χ0v) is 20.5. The van der Waals surface area contributed by atoms with Gasteiger partial charge in [-0.2, -0.15) is 65.9 Å². The molecule has 1 aromatic rings. The highest BCUT2D eigenvalue weighted by atomic mass is 127. The smallest absolute Gasteiger partial charge is 0.460 e. The molecule has 38 heavy (non-hydrogen) atoms. The van der Waals surface area contributed by atoms with Crippen molar-refractivity contribution in [2.24, 2.45) is 0 Å². The van der Waals surface area contributed by atoms with Gasteiger partial charge in [0.25, 0.3) is 0 Å². The van der Waals surface area contributed by atoms with Gasteiger partial charge in [-0.3, -0.25) is 0 Å². The Morgan fingerprint density at radius 3 is 1.61 bits per heavy atom. The molecule has 0 aliphatic carbocycles. The van der Waals surface area contributed by atoms with E-state index in [-0.39, 0.29) is 25.0 Å². The summed E-state index contributed by atoms with van der Waals surface area (Å²) in [6.45, 7) is -0.309. The Balaban J connectivity index is 2.89. The predicted octanol–water partition coefficient (Wildman–Crippen LogP) is 8.58. The van der Waals surface area contributed by atoms with Crippen molar-refractivity contribution in [1.29, 1.82) is 0 Å². The lowest BCUT2D eigenvalue weighted by molar-refractivity contribution is -0.452. The summed E-state index contributed by atoms with van der Waals surface area (Å²) in [5.41, 5.74) is 0.150. The molecule has 2 nitrogen and oxygen atoms in total. The van der Waals surface area contributed by atoms with Crippen molar-refractivity contribution >= 4 is 28.6 Å². The first-order chi connectivity index (χ1) is 16.9. The summed E-state index contributed by atoms with van der Waals surface area (Å²) in [6.07, 6.45) is -10.8. The van der Waals surface area contributed by atoms with Gasteiger partial charge in [0.1, 0.15) is 0 Å². The summed E-state index contributed by atoms with van der Waals surface area (Å²) in [7, 11) is 0. The van der Waals surface area contributed by atoms with Gasteiger partial charge in [0.2, 0.25) is 0 Å². The maximum Gasteiger partial charge on any atom is 0.460 e. The third kappa shape index (κ3) is 6.39. The number of rotatable bonds is 13. The lowest BCUT2D eigenvalue weighted by Gasteiger charge is -2.41. The number of ether oxygens (including phenoxy) is 1. The summed E-state index contributed by atoms with van der Waals surface area (Å²) in [5, 5.41) is 0. The molecular weight excluding hydrogens is 684 g/mol. The predicted molar refractivity (Wildman–Crippen MR) is 109 cm³/mol. The number of alkyl halides is 16. The maximum absolute atomic E-state index is 14.0. The minimum absolute atomic E-state index is 0.0764. The molecule has 1 aromatic carbocycles. The van der Waals surface area contributed by atoms with Gasteiger partial charge < -0.3 is 4.74 Å². The highest BCUT2D eigenvalue weighted by molar-refractivity contribution is 14.1. The number of unbranched alkanes of at least 4 members (excludes halogenated alkanes) is 1. The summed E-state index contributed by atoms with van der Waals surface area (Å²) in [5.74, 6) is -47.1. The van der Waals surface area contributed by atoms with Gasteiger partial charge in [-0.15, -0.1) is 0 Å². The van der Waals surface area contributed by atoms with E-state index in [1.807, 2.05) is 0 Å². The SMILES string of the molecule is O=C(OCCCCC(I)CC(F)(F)C(F)(F)C(F)(F)C(F)(F)C(F)(F)C(F)(F)C(F)(F)F)c1ccccc1. The Morgan fingerprint density at radius 1 is 0.684 bits per heavy atom. The molecule has 0 saturated carbocycles. The molecule has 0 fully saturated rings. The quantitative estimate of drug-likeness (QED) is 0.0678. The molecule has 0 heterocycles. The van der Waals surface area contributed by atoms with Gasteiger partial charge in [0.05, 0.1) is 12.2 Å². The molecule has 0 saturated heterocycles. The molecule has 220 valence electrons. The topological polar surface area (TPSA) is 26.3 Å². The molecule has 0 amide bonds. The van der Waals surface area contributed by atoms with E-state index in [0.717, 1.165) is 22.6 Å². The number of carbonyl (C=O) groups is 1. The van der Waals surface area contributed by atoms with Crippen molar-refractivity contribution in [3.63, 3.8) is 0 Å². The Labute approximate surface area is 218 Å². The lowest BCUT2D eigenvalue weighted by Crippen LogP contribution is -2.72. The summed E-state index contributed by atoms with van der Waals surface area (Å²) < 4.78 is 202. The second-order valence-electron chi connectivity index (χ2n) is 7.87. The van der Waals surface area contributed by atoms with Crippen LogP contribution in [0.5, 0.6) is 0 Å². The fourth-order valence-electron chi connectivity index (χ4n) is 2.80. The molecule has 1 atom stereocenters. The zero-order chi connectivity index (χ0) is 30.0. The first-order valence-corrected chi connectivity index (χ1v) is 11.3. The molecule has 0 N–H and O–H groups in total. The summed E-state index contributed by atoms with van der Waals surface area (Å²) >= 11 is 0.999. The molecule has 18 heteroatoms. The van der Waals surface area contributed by atoms with Crippen molar-refractivity contribution < 1.29 is 75.4 Å². The number of esters is 1. The van der Waals surface area contributed by atoms with E-state index in [0.29, 0.717) is 0 Å². The van der Waals surface area contributed by atoms with E-state index in [9.17, 15) is 70.7 Å². The summed E-state index contributed by atoms with van der Waals surface area (Å²) in [4.78, 5) is 11.7. The first kappa shape index (κ1) is 34.4.